The summed E-state index contributed by atoms with van der Waals surface area (Å²) in [5.74, 6) is 0. The summed E-state index contributed by atoms with van der Waals surface area (Å²) in [7, 11) is -3.58. The zero-order valence-corrected chi connectivity index (χ0v) is 12.1. The van der Waals surface area contributed by atoms with E-state index in [1.165, 1.54) is 0 Å². The second-order valence-electron chi connectivity index (χ2n) is 3.80. The van der Waals surface area contributed by atoms with Gasteiger partial charge in [-0.3, -0.25) is 13.6 Å². The van der Waals surface area contributed by atoms with E-state index < -0.39 is 18.3 Å². The lowest BCUT2D eigenvalue weighted by Gasteiger charge is -2.37. The highest BCUT2D eigenvalue weighted by Gasteiger charge is 2.49. The third-order valence-corrected chi connectivity index (χ3v) is 4.53. The monoisotopic (exact) mass is 310 g/mol. The first kappa shape index (κ1) is 14.3. The summed E-state index contributed by atoms with van der Waals surface area (Å²) < 4.78 is 26.2. The molecule has 0 spiro atoms. The summed E-state index contributed by atoms with van der Waals surface area (Å²) in [6.07, 6.45) is -0.756. The fourth-order valence-electron chi connectivity index (χ4n) is 1.64. The summed E-state index contributed by atoms with van der Waals surface area (Å²) in [6, 6.07) is 9.10. The molecule has 1 aliphatic rings. The van der Waals surface area contributed by atoms with E-state index in [4.69, 9.17) is 36.8 Å². The topological polar surface area (TPSA) is 44.8 Å². The standard InChI is InChI=1S/C11H13Cl2O4P/c1-2-15-18(14)16-8-11(12,13)10(17-18)9-6-4-3-5-7-9/h3-7,10H,2,8H2,1H3/t10-,18+/m0/s1. The van der Waals surface area contributed by atoms with Gasteiger partial charge in [0.1, 0.15) is 6.10 Å². The van der Waals surface area contributed by atoms with Gasteiger partial charge in [0.25, 0.3) is 0 Å². The molecule has 2 rings (SSSR count). The van der Waals surface area contributed by atoms with Crippen LogP contribution in [0.2, 0.25) is 0 Å². The maximum absolute atomic E-state index is 12.1. The zero-order chi connectivity index (χ0) is 13.2. The van der Waals surface area contributed by atoms with Gasteiger partial charge in [0.15, 0.2) is 4.33 Å². The van der Waals surface area contributed by atoms with E-state index >= 15 is 0 Å². The molecule has 0 N–H and O–H groups in total. The number of halogens is 2. The number of phosphoric acid groups is 1. The van der Waals surface area contributed by atoms with E-state index in [9.17, 15) is 4.57 Å². The minimum absolute atomic E-state index is 0.118. The summed E-state index contributed by atoms with van der Waals surface area (Å²) in [5.41, 5.74) is 0.728. The quantitative estimate of drug-likeness (QED) is 0.623. The van der Waals surface area contributed by atoms with E-state index in [1.807, 2.05) is 18.2 Å². The number of hydrogen-bond donors (Lipinski definition) is 0. The van der Waals surface area contributed by atoms with Crippen LogP contribution in [0.1, 0.15) is 18.6 Å². The van der Waals surface area contributed by atoms with Gasteiger partial charge in [-0.2, -0.15) is 0 Å². The Hall–Kier alpha value is -0.0900. The van der Waals surface area contributed by atoms with Crippen molar-refractivity contribution in [2.45, 2.75) is 17.4 Å². The fraction of sp³-hybridized carbons (Fsp3) is 0.455. The number of alkyl halides is 2. The second-order valence-corrected chi connectivity index (χ2v) is 6.96. The first-order chi connectivity index (χ1) is 8.47. The van der Waals surface area contributed by atoms with E-state index in [2.05, 4.69) is 0 Å². The summed E-state index contributed by atoms with van der Waals surface area (Å²) in [5, 5.41) is 0. The molecule has 1 fully saturated rings. The van der Waals surface area contributed by atoms with E-state index in [0.717, 1.165) is 5.56 Å². The third-order valence-electron chi connectivity index (χ3n) is 2.42. The lowest BCUT2D eigenvalue weighted by atomic mass is 10.1. The number of benzene rings is 1. The largest absolute Gasteiger partial charge is 0.475 e. The van der Waals surface area contributed by atoms with Crippen molar-refractivity contribution in [3.8, 4) is 0 Å². The van der Waals surface area contributed by atoms with Gasteiger partial charge in [0, 0.05) is 0 Å². The molecule has 7 heteroatoms. The van der Waals surface area contributed by atoms with Crippen LogP contribution in [-0.4, -0.2) is 17.5 Å². The Bertz CT molecular complexity index is 452. The van der Waals surface area contributed by atoms with Crippen LogP contribution in [-0.2, 0) is 18.1 Å². The molecule has 1 heterocycles. The van der Waals surface area contributed by atoms with Gasteiger partial charge in [0.2, 0.25) is 0 Å². The summed E-state index contributed by atoms with van der Waals surface area (Å²) >= 11 is 12.3. The molecule has 2 atom stereocenters. The van der Waals surface area contributed by atoms with Crippen LogP contribution < -0.4 is 0 Å². The molecule has 0 saturated carbocycles. The van der Waals surface area contributed by atoms with Crippen LogP contribution in [0.4, 0.5) is 0 Å². The molecule has 4 nitrogen and oxygen atoms in total. The van der Waals surface area contributed by atoms with E-state index in [-0.39, 0.29) is 13.2 Å². The van der Waals surface area contributed by atoms with Gasteiger partial charge < -0.3 is 0 Å². The van der Waals surface area contributed by atoms with Crippen LogP contribution in [0, 0.1) is 0 Å². The Morgan fingerprint density at radius 3 is 2.72 bits per heavy atom. The Morgan fingerprint density at radius 2 is 2.11 bits per heavy atom. The number of phosphoric ester groups is 1. The molecule has 0 amide bonds. The van der Waals surface area contributed by atoms with Crippen LogP contribution in [0.25, 0.3) is 0 Å². The molecule has 1 aromatic rings. The number of hydrogen-bond acceptors (Lipinski definition) is 4. The maximum atomic E-state index is 12.1. The molecule has 0 radical (unpaired) electrons. The molecule has 0 aliphatic carbocycles. The van der Waals surface area contributed by atoms with Crippen molar-refractivity contribution in [3.05, 3.63) is 35.9 Å². The Kier molecular flexibility index (Phi) is 4.37. The maximum Gasteiger partial charge on any atom is 0.475 e. The van der Waals surface area contributed by atoms with Crippen molar-refractivity contribution >= 4 is 31.0 Å². The third kappa shape index (κ3) is 3.08. The molecule has 1 saturated heterocycles. The van der Waals surface area contributed by atoms with Crippen molar-refractivity contribution in [1.29, 1.82) is 0 Å². The normalized spacial score (nSPS) is 31.2. The van der Waals surface area contributed by atoms with E-state index in [1.54, 1.807) is 19.1 Å². The number of rotatable bonds is 3. The van der Waals surface area contributed by atoms with Crippen LogP contribution >= 0.6 is 31.0 Å². The average Bonchev–Trinajstić information content (AvgIpc) is 2.34. The van der Waals surface area contributed by atoms with Gasteiger partial charge >= 0.3 is 7.82 Å². The predicted octanol–water partition coefficient (Wildman–Crippen LogP) is 4.09. The van der Waals surface area contributed by atoms with Gasteiger partial charge in [-0.25, -0.2) is 4.57 Å². The SMILES string of the molecule is CCO[P@]1(=O)OCC(Cl)(Cl)[C@H](c2ccccc2)O1. The van der Waals surface area contributed by atoms with Gasteiger partial charge in [-0.1, -0.05) is 53.5 Å². The van der Waals surface area contributed by atoms with Crippen molar-refractivity contribution in [2.24, 2.45) is 0 Å². The average molecular weight is 311 g/mol. The molecular weight excluding hydrogens is 298 g/mol. The fourth-order valence-corrected chi connectivity index (χ4v) is 3.80. The highest BCUT2D eigenvalue weighted by atomic mass is 35.5. The smallest absolute Gasteiger partial charge is 0.287 e. The molecule has 0 bridgehead atoms. The second kappa shape index (κ2) is 5.49. The molecule has 1 aliphatic heterocycles. The molecule has 100 valence electrons. The van der Waals surface area contributed by atoms with Crippen LogP contribution in [0.15, 0.2) is 30.3 Å². The van der Waals surface area contributed by atoms with Crippen LogP contribution in [0.5, 0.6) is 0 Å². The first-order valence-corrected chi connectivity index (χ1v) is 7.69. The Morgan fingerprint density at radius 1 is 1.44 bits per heavy atom. The molecular formula is C11H13Cl2O4P. The lowest BCUT2D eigenvalue weighted by molar-refractivity contribution is 0.0230. The van der Waals surface area contributed by atoms with Crippen molar-refractivity contribution in [2.75, 3.05) is 13.2 Å². The van der Waals surface area contributed by atoms with Crippen molar-refractivity contribution < 1.29 is 18.1 Å². The minimum atomic E-state index is -3.58. The van der Waals surface area contributed by atoms with E-state index in [0.29, 0.717) is 0 Å². The molecule has 1 aromatic carbocycles. The summed E-state index contributed by atoms with van der Waals surface area (Å²) in [4.78, 5) is 0. The Balaban J connectivity index is 2.28. The van der Waals surface area contributed by atoms with Gasteiger partial charge in [0.05, 0.1) is 13.2 Å². The lowest BCUT2D eigenvalue weighted by Crippen LogP contribution is -2.35. The molecule has 0 aromatic heterocycles. The van der Waals surface area contributed by atoms with Crippen molar-refractivity contribution in [1.82, 2.24) is 0 Å². The van der Waals surface area contributed by atoms with Crippen LogP contribution in [0.3, 0.4) is 0 Å². The first-order valence-electron chi connectivity index (χ1n) is 5.47. The molecule has 18 heavy (non-hydrogen) atoms. The predicted molar refractivity (Wildman–Crippen MR) is 69.9 cm³/mol. The highest BCUT2D eigenvalue weighted by molar-refractivity contribution is 7.48. The Labute approximate surface area is 116 Å². The minimum Gasteiger partial charge on any atom is -0.287 e. The zero-order valence-electron chi connectivity index (χ0n) is 9.71. The summed E-state index contributed by atoms with van der Waals surface area (Å²) in [6.45, 7) is 1.80. The van der Waals surface area contributed by atoms with Gasteiger partial charge in [-0.15, -0.1) is 0 Å². The van der Waals surface area contributed by atoms with Crippen molar-refractivity contribution in [3.63, 3.8) is 0 Å². The molecule has 0 unspecified atom stereocenters. The highest BCUT2D eigenvalue weighted by Crippen LogP contribution is 2.61. The van der Waals surface area contributed by atoms with Gasteiger partial charge in [-0.05, 0) is 12.5 Å².